The maximum atomic E-state index is 13.4. The van der Waals surface area contributed by atoms with E-state index in [4.69, 9.17) is 0 Å². The zero-order valence-electron chi connectivity index (χ0n) is 39.1. The number of rotatable bonds is 26. The van der Waals surface area contributed by atoms with E-state index in [1.165, 1.54) is 47.2 Å². The Kier molecular flexibility index (Phi) is 22.0. The lowest BCUT2D eigenvalue weighted by Crippen LogP contribution is -2.50. The Labute approximate surface area is 408 Å². The van der Waals surface area contributed by atoms with Gasteiger partial charge in [0.05, 0.1) is 10.5 Å². The highest BCUT2D eigenvalue weighted by molar-refractivity contribution is 8.00. The van der Waals surface area contributed by atoms with Gasteiger partial charge in [0.1, 0.15) is 23.7 Å². The minimum atomic E-state index is -1.23. The van der Waals surface area contributed by atoms with Gasteiger partial charge in [-0.3, -0.25) is 68.4 Å². The summed E-state index contributed by atoms with van der Waals surface area (Å²) < 4.78 is 0. The van der Waals surface area contributed by atoms with Crippen molar-refractivity contribution >= 4 is 106 Å². The number of Topliss-reactive ketones (excluding diaryl/α,β-unsaturated/α-hetero) is 2. The van der Waals surface area contributed by atoms with Crippen LogP contribution in [-0.2, 0) is 60.8 Å². The monoisotopic (exact) mass is 992 g/mol. The molecule has 0 bridgehead atoms. The molecule has 69 heavy (non-hydrogen) atoms. The molecule has 0 spiro atoms. The van der Waals surface area contributed by atoms with Crippen LogP contribution in [0.1, 0.15) is 95.6 Å². The van der Waals surface area contributed by atoms with E-state index in [9.17, 15) is 57.5 Å². The van der Waals surface area contributed by atoms with E-state index < -0.39 is 58.3 Å². The van der Waals surface area contributed by atoms with Crippen LogP contribution in [-0.4, -0.2) is 129 Å². The van der Waals surface area contributed by atoms with E-state index in [0.29, 0.717) is 24.2 Å². The molecule has 12 amide bonds. The number of imide groups is 4. The Hall–Kier alpha value is -6.42. The molecule has 4 unspecified atom stereocenters. The summed E-state index contributed by atoms with van der Waals surface area (Å²) in [5.74, 6) is -4.19. The molecule has 22 heteroatoms. The fourth-order valence-corrected chi connectivity index (χ4v) is 8.85. The Bertz CT molecular complexity index is 2100. The molecule has 0 aromatic heterocycles. The number of amides is 12. The van der Waals surface area contributed by atoms with Crippen LogP contribution in [0.3, 0.4) is 0 Å². The molecule has 2 saturated heterocycles. The topological polar surface area (TPSA) is 283 Å². The third-order valence-electron chi connectivity index (χ3n) is 11.1. The minimum absolute atomic E-state index is 0.0288. The molecule has 0 saturated carbocycles. The summed E-state index contributed by atoms with van der Waals surface area (Å²) in [6.07, 6.45) is 4.82. The van der Waals surface area contributed by atoms with Crippen molar-refractivity contribution in [1.82, 2.24) is 31.1 Å². The fraction of sp³-hybridized carbons (Fsp3) is 0.489. The molecule has 4 atom stereocenters. The van der Waals surface area contributed by atoms with Crippen molar-refractivity contribution in [3.63, 3.8) is 0 Å². The molecule has 2 aromatic rings. The highest BCUT2D eigenvalue weighted by Crippen LogP contribution is 2.25. The summed E-state index contributed by atoms with van der Waals surface area (Å²) in [5.41, 5.74) is 2.14. The summed E-state index contributed by atoms with van der Waals surface area (Å²) in [5, 5.41) is 13.8. The summed E-state index contributed by atoms with van der Waals surface area (Å²) in [7, 11) is 0. The molecule has 20 nitrogen and oxygen atoms in total. The van der Waals surface area contributed by atoms with Gasteiger partial charge in [0.2, 0.25) is 35.4 Å². The lowest BCUT2D eigenvalue weighted by Gasteiger charge is -2.20. The van der Waals surface area contributed by atoms with Crippen LogP contribution >= 0.6 is 23.5 Å². The van der Waals surface area contributed by atoms with E-state index in [1.807, 2.05) is 0 Å². The van der Waals surface area contributed by atoms with Gasteiger partial charge >= 0.3 is 12.1 Å². The fourth-order valence-electron chi connectivity index (χ4n) is 7.57. The third kappa shape index (κ3) is 18.2. The van der Waals surface area contributed by atoms with Crippen molar-refractivity contribution in [3.05, 3.63) is 59.7 Å². The average molecular weight is 993 g/mol. The zero-order chi connectivity index (χ0) is 50.6. The minimum Gasteiger partial charge on any atom is -0.344 e. The van der Waals surface area contributed by atoms with E-state index >= 15 is 0 Å². The molecule has 2 aliphatic heterocycles. The second kappa shape index (κ2) is 27.5. The number of hydrogen-bond donors (Lipinski definition) is 6. The van der Waals surface area contributed by atoms with Gasteiger partial charge in [-0.05, 0) is 107 Å². The smallest absolute Gasteiger partial charge is 0.325 e. The number of carbonyl (C=O) groups is 12. The molecule has 0 aliphatic carbocycles. The van der Waals surface area contributed by atoms with Crippen LogP contribution in [0, 0.1) is 0 Å². The third-order valence-corrected chi connectivity index (χ3v) is 13.0. The van der Waals surface area contributed by atoms with Crippen molar-refractivity contribution in [1.29, 1.82) is 0 Å². The van der Waals surface area contributed by atoms with Crippen LogP contribution < -0.4 is 31.9 Å². The van der Waals surface area contributed by atoms with Crippen molar-refractivity contribution < 1.29 is 57.5 Å². The zero-order valence-corrected chi connectivity index (χ0v) is 40.8. The van der Waals surface area contributed by atoms with Gasteiger partial charge in [-0.1, -0.05) is 24.3 Å². The normalized spacial score (nSPS) is 16.4. The molecule has 2 aliphatic rings. The number of likely N-dealkylation sites (tertiary alicyclic amines) is 2. The number of carbonyl (C=O) groups excluding carboxylic acids is 12. The second-order valence-corrected chi connectivity index (χ2v) is 18.8. The predicted octanol–water partition coefficient (Wildman–Crippen LogP) is 3.41. The largest absolute Gasteiger partial charge is 0.344 e. The van der Waals surface area contributed by atoms with Crippen molar-refractivity contribution in [2.75, 3.05) is 36.2 Å². The van der Waals surface area contributed by atoms with Crippen LogP contribution in [0.2, 0.25) is 0 Å². The van der Waals surface area contributed by atoms with Gasteiger partial charge in [-0.2, -0.15) is 23.5 Å². The number of unbranched alkanes of at least 4 members (excludes halogenated alkanes) is 2. The molecule has 2 fully saturated rings. The molecular formula is C47H60N8O12S2. The van der Waals surface area contributed by atoms with Gasteiger partial charge in [-0.15, -0.1) is 0 Å². The standard InChI is InChI=1S/C47H60N8O12S2/c1-28(56)24-30-14-18-32(19-15-30)48-46(66)52-42(62)34(10-5-7-22-54-40(60)26-36(68-3)44(54)64)50-38(58)12-9-13-39(59)51-35(11-6-8-23-55-41(61)27-37(69-4)45(55)65)43(63)53-47(67)49-33-20-16-31(17-21-33)25-29(2)57/h14-21,34-37H,5-13,22-27H2,1-4H3,(H,50,58)(H,51,59)(H2,48,52,62,66)(H2,49,53,63,67). The first kappa shape index (κ1) is 55.2. The summed E-state index contributed by atoms with van der Waals surface area (Å²) >= 11 is 2.57. The number of nitrogens with one attached hydrogen (secondary N) is 6. The van der Waals surface area contributed by atoms with Gasteiger partial charge in [0, 0.05) is 63.0 Å². The number of thioether (sulfide) groups is 2. The number of benzene rings is 2. The lowest BCUT2D eigenvalue weighted by atomic mass is 10.1. The molecule has 2 heterocycles. The lowest BCUT2D eigenvalue weighted by molar-refractivity contribution is -0.139. The van der Waals surface area contributed by atoms with Gasteiger partial charge in [0.15, 0.2) is 0 Å². The van der Waals surface area contributed by atoms with Gasteiger partial charge in [0.25, 0.3) is 11.8 Å². The number of nitrogens with zero attached hydrogens (tertiary/aromatic N) is 2. The van der Waals surface area contributed by atoms with E-state index in [2.05, 4.69) is 31.9 Å². The Morgan fingerprint density at radius 3 is 1.23 bits per heavy atom. The Morgan fingerprint density at radius 2 is 0.913 bits per heavy atom. The SMILES string of the molecule is CSC1CC(=O)N(CCCCC(NC(=O)CCCC(=O)NC(CCCCN2C(=O)CC(SC)C2=O)C(=O)NC(=O)Nc2ccc(CC(C)=O)cc2)C(=O)NC(=O)Nc2ccc(CC(C)=O)cc2)C1=O. The quantitative estimate of drug-likeness (QED) is 0.0582. The summed E-state index contributed by atoms with van der Waals surface area (Å²) in [6, 6.07) is 8.65. The molecule has 2 aromatic carbocycles. The Morgan fingerprint density at radius 1 is 0.551 bits per heavy atom. The van der Waals surface area contributed by atoms with Crippen LogP contribution in [0.15, 0.2) is 48.5 Å². The van der Waals surface area contributed by atoms with Crippen molar-refractivity contribution in [3.8, 4) is 0 Å². The Balaban J connectivity index is 1.34. The maximum Gasteiger partial charge on any atom is 0.325 e. The first-order valence-corrected chi connectivity index (χ1v) is 25.2. The van der Waals surface area contributed by atoms with Crippen LogP contribution in [0.4, 0.5) is 21.0 Å². The van der Waals surface area contributed by atoms with E-state index in [1.54, 1.807) is 61.0 Å². The molecule has 372 valence electrons. The molecule has 0 radical (unpaired) electrons. The molecule has 4 rings (SSSR count). The van der Waals surface area contributed by atoms with Crippen molar-refractivity contribution in [2.45, 2.75) is 120 Å². The van der Waals surface area contributed by atoms with Crippen molar-refractivity contribution in [2.24, 2.45) is 0 Å². The first-order valence-electron chi connectivity index (χ1n) is 22.6. The molecule has 6 N–H and O–H groups in total. The number of hydrogen-bond acceptors (Lipinski definition) is 14. The number of ketones is 2. The molecular weight excluding hydrogens is 933 g/mol. The average Bonchev–Trinajstić information content (AvgIpc) is 3.73. The summed E-state index contributed by atoms with van der Waals surface area (Å²) in [6.45, 7) is 3.13. The summed E-state index contributed by atoms with van der Waals surface area (Å²) in [4.78, 5) is 154. The van der Waals surface area contributed by atoms with E-state index in [-0.39, 0.29) is 119 Å². The highest BCUT2D eigenvalue weighted by atomic mass is 32.2. The van der Waals surface area contributed by atoms with Gasteiger partial charge < -0.3 is 21.3 Å². The van der Waals surface area contributed by atoms with Crippen LogP contribution in [0.5, 0.6) is 0 Å². The highest BCUT2D eigenvalue weighted by Gasteiger charge is 2.38. The van der Waals surface area contributed by atoms with Crippen LogP contribution in [0.25, 0.3) is 0 Å². The first-order chi connectivity index (χ1) is 32.9. The number of anilines is 2. The van der Waals surface area contributed by atoms with Gasteiger partial charge in [-0.25, -0.2) is 9.59 Å². The maximum absolute atomic E-state index is 13.4. The predicted molar refractivity (Wildman–Crippen MR) is 259 cm³/mol. The second-order valence-electron chi connectivity index (χ2n) is 16.7. The number of urea groups is 2. The van der Waals surface area contributed by atoms with E-state index in [0.717, 1.165) is 11.1 Å².